The highest BCUT2D eigenvalue weighted by Gasteiger charge is 2.22. The van der Waals surface area contributed by atoms with Gasteiger partial charge in [0.15, 0.2) is 5.84 Å². The fourth-order valence-corrected chi connectivity index (χ4v) is 3.87. The second-order valence-electron chi connectivity index (χ2n) is 9.46. The van der Waals surface area contributed by atoms with Crippen molar-refractivity contribution in [3.05, 3.63) is 71.8 Å². The first-order valence-corrected chi connectivity index (χ1v) is 11.7. The Morgan fingerprint density at radius 2 is 1.79 bits per heavy atom. The summed E-state index contributed by atoms with van der Waals surface area (Å²) in [6.45, 7) is 7.81. The van der Waals surface area contributed by atoms with E-state index in [1.807, 2.05) is 51.1 Å². The fraction of sp³-hybridized carbons (Fsp3) is 0.357. The van der Waals surface area contributed by atoms with Crippen molar-refractivity contribution in [3.63, 3.8) is 0 Å². The number of carbonyl (C=O) groups excluding carboxylic acids is 1. The zero-order valence-electron chi connectivity index (χ0n) is 19.8. The van der Waals surface area contributed by atoms with Crippen LogP contribution < -0.4 is 0 Å². The van der Waals surface area contributed by atoms with E-state index >= 15 is 0 Å². The molecule has 1 atom stereocenters. The van der Waals surface area contributed by atoms with E-state index in [4.69, 9.17) is 9.73 Å². The fourth-order valence-electron chi connectivity index (χ4n) is 3.87. The Hall–Kier alpha value is -3.34. The molecule has 0 aromatic heterocycles. The van der Waals surface area contributed by atoms with Gasteiger partial charge in [-0.1, -0.05) is 61.9 Å². The first kappa shape index (κ1) is 22.8. The number of benzene rings is 2. The summed E-state index contributed by atoms with van der Waals surface area (Å²) in [4.78, 5) is 26.7. The Morgan fingerprint density at radius 1 is 1.03 bits per heavy atom. The topological polar surface area (TPSA) is 63.4 Å². The van der Waals surface area contributed by atoms with Crippen molar-refractivity contribution in [2.24, 2.45) is 15.0 Å². The van der Waals surface area contributed by atoms with Gasteiger partial charge in [0.1, 0.15) is 17.1 Å². The lowest BCUT2D eigenvalue weighted by molar-refractivity contribution is 0.00704. The standard InChI is InChI=1S/C28H31N3O2/c1-5-6-11-25-30-24-17-16-21(29-26(24)31-25)18-19-12-14-20(15-13-19)22-9-7-8-10-23(22)27(32)33-28(2,3)4/h7-10,12-17,21H,5-6,11,18H2,1-4H3. The minimum atomic E-state index is -0.534. The third kappa shape index (κ3) is 5.72. The summed E-state index contributed by atoms with van der Waals surface area (Å²) in [6.07, 6.45) is 8.07. The molecular formula is C28H31N3O2. The minimum absolute atomic E-state index is 0.0492. The largest absolute Gasteiger partial charge is 0.456 e. The number of hydrogen-bond donors (Lipinski definition) is 0. The van der Waals surface area contributed by atoms with E-state index in [-0.39, 0.29) is 12.0 Å². The maximum atomic E-state index is 12.7. The van der Waals surface area contributed by atoms with Gasteiger partial charge in [-0.25, -0.2) is 14.8 Å². The highest BCUT2D eigenvalue weighted by atomic mass is 16.6. The van der Waals surface area contributed by atoms with Gasteiger partial charge in [0.05, 0.1) is 11.6 Å². The Kier molecular flexibility index (Phi) is 6.68. The van der Waals surface area contributed by atoms with E-state index < -0.39 is 5.60 Å². The average molecular weight is 442 g/mol. The van der Waals surface area contributed by atoms with Crippen molar-refractivity contribution < 1.29 is 9.53 Å². The highest BCUT2D eigenvalue weighted by Crippen LogP contribution is 2.27. The van der Waals surface area contributed by atoms with Crippen molar-refractivity contribution in [1.29, 1.82) is 0 Å². The van der Waals surface area contributed by atoms with Gasteiger partial charge in [-0.3, -0.25) is 4.99 Å². The lowest BCUT2D eigenvalue weighted by Crippen LogP contribution is -2.24. The number of fused-ring (bicyclic) bond motifs is 1. The second-order valence-corrected chi connectivity index (χ2v) is 9.46. The summed E-state index contributed by atoms with van der Waals surface area (Å²) in [5.74, 6) is 1.35. The SMILES string of the molecule is CCCCC1=NC2=NC(Cc3ccc(-c4ccccc4C(=O)OC(C)(C)C)cc3)C=CC2=N1. The lowest BCUT2D eigenvalue weighted by atomic mass is 9.96. The molecule has 0 aliphatic carbocycles. The molecule has 0 radical (unpaired) electrons. The molecule has 0 saturated carbocycles. The monoisotopic (exact) mass is 441 g/mol. The predicted molar refractivity (Wildman–Crippen MR) is 136 cm³/mol. The van der Waals surface area contributed by atoms with Crippen LogP contribution in [0, 0.1) is 0 Å². The first-order valence-electron chi connectivity index (χ1n) is 11.7. The number of aliphatic imine (C=N–C) groups is 3. The molecule has 0 N–H and O–H groups in total. The Balaban J connectivity index is 1.47. The number of hydrogen-bond acceptors (Lipinski definition) is 5. The van der Waals surface area contributed by atoms with Crippen LogP contribution in [0.15, 0.2) is 75.7 Å². The molecule has 5 heteroatoms. The zero-order chi connectivity index (χ0) is 23.4. The number of carbonyl (C=O) groups is 1. The summed E-state index contributed by atoms with van der Waals surface area (Å²) in [6, 6.07) is 15.9. The molecule has 33 heavy (non-hydrogen) atoms. The summed E-state index contributed by atoms with van der Waals surface area (Å²) < 4.78 is 5.59. The summed E-state index contributed by atoms with van der Waals surface area (Å²) in [5, 5.41) is 0. The first-order chi connectivity index (χ1) is 15.8. The maximum Gasteiger partial charge on any atom is 0.339 e. The van der Waals surface area contributed by atoms with Crippen LogP contribution in [0.1, 0.15) is 62.9 Å². The normalized spacial score (nSPS) is 17.2. The van der Waals surface area contributed by atoms with Crippen LogP contribution in [0.3, 0.4) is 0 Å². The Bertz CT molecular complexity index is 1150. The van der Waals surface area contributed by atoms with Crippen molar-refractivity contribution in [3.8, 4) is 11.1 Å². The van der Waals surface area contributed by atoms with Crippen LogP contribution in [0.2, 0.25) is 0 Å². The van der Waals surface area contributed by atoms with Crippen LogP contribution in [-0.2, 0) is 11.2 Å². The van der Waals surface area contributed by atoms with Crippen LogP contribution in [0.5, 0.6) is 0 Å². The van der Waals surface area contributed by atoms with Gasteiger partial charge in [-0.05, 0) is 62.4 Å². The maximum absolute atomic E-state index is 12.7. The zero-order valence-corrected chi connectivity index (χ0v) is 19.8. The summed E-state index contributed by atoms with van der Waals surface area (Å²) in [7, 11) is 0. The molecule has 0 saturated heterocycles. The number of ether oxygens (including phenoxy) is 1. The van der Waals surface area contributed by atoms with Crippen molar-refractivity contribution in [2.75, 3.05) is 0 Å². The third-order valence-electron chi connectivity index (χ3n) is 5.49. The third-order valence-corrected chi connectivity index (χ3v) is 5.49. The number of dihydropyridines is 1. The number of rotatable bonds is 7. The quantitative estimate of drug-likeness (QED) is 0.478. The molecule has 2 aromatic carbocycles. The van der Waals surface area contributed by atoms with Crippen LogP contribution >= 0.6 is 0 Å². The van der Waals surface area contributed by atoms with Gasteiger partial charge in [-0.2, -0.15) is 0 Å². The van der Waals surface area contributed by atoms with Gasteiger partial charge in [0.2, 0.25) is 0 Å². The van der Waals surface area contributed by atoms with E-state index in [0.29, 0.717) is 5.56 Å². The molecule has 2 aliphatic rings. The van der Waals surface area contributed by atoms with Gasteiger partial charge < -0.3 is 4.74 Å². The van der Waals surface area contributed by atoms with Gasteiger partial charge in [-0.15, -0.1) is 0 Å². The molecule has 0 fully saturated rings. The van der Waals surface area contributed by atoms with E-state index in [9.17, 15) is 4.79 Å². The van der Waals surface area contributed by atoms with Gasteiger partial charge >= 0.3 is 5.97 Å². The van der Waals surface area contributed by atoms with Crippen LogP contribution in [-0.4, -0.2) is 35.0 Å². The molecule has 4 rings (SSSR count). The molecular weight excluding hydrogens is 410 g/mol. The van der Waals surface area contributed by atoms with E-state index in [1.54, 1.807) is 0 Å². The summed E-state index contributed by atoms with van der Waals surface area (Å²) in [5.41, 5.74) is 3.96. The molecule has 1 unspecified atom stereocenters. The Labute approximate surface area is 196 Å². The van der Waals surface area contributed by atoms with Crippen LogP contribution in [0.4, 0.5) is 0 Å². The molecule has 0 amide bonds. The van der Waals surface area contributed by atoms with Crippen molar-refractivity contribution in [1.82, 2.24) is 0 Å². The van der Waals surface area contributed by atoms with Crippen molar-refractivity contribution >= 4 is 23.4 Å². The number of nitrogens with zero attached hydrogens (tertiary/aromatic N) is 3. The minimum Gasteiger partial charge on any atom is -0.456 e. The van der Waals surface area contributed by atoms with Crippen LogP contribution in [0.25, 0.3) is 11.1 Å². The highest BCUT2D eigenvalue weighted by molar-refractivity contribution is 6.51. The molecule has 170 valence electrons. The van der Waals surface area contributed by atoms with Crippen molar-refractivity contribution in [2.45, 2.75) is 65.0 Å². The molecule has 2 aromatic rings. The average Bonchev–Trinajstić information content (AvgIpc) is 3.19. The smallest absolute Gasteiger partial charge is 0.339 e. The van der Waals surface area contributed by atoms with Gasteiger partial charge in [0.25, 0.3) is 0 Å². The second kappa shape index (κ2) is 9.65. The van der Waals surface area contributed by atoms with E-state index in [0.717, 1.165) is 54.2 Å². The lowest BCUT2D eigenvalue weighted by Gasteiger charge is -2.20. The molecule has 0 bridgehead atoms. The number of esters is 1. The molecule has 2 heterocycles. The number of amidine groups is 2. The predicted octanol–water partition coefficient (Wildman–Crippen LogP) is 6.23. The number of unbranched alkanes of at least 4 members (excludes halogenated alkanes) is 1. The molecule has 2 aliphatic heterocycles. The Morgan fingerprint density at radius 3 is 2.52 bits per heavy atom. The van der Waals surface area contributed by atoms with Gasteiger partial charge in [0, 0.05) is 6.42 Å². The molecule has 0 spiro atoms. The summed E-state index contributed by atoms with van der Waals surface area (Å²) >= 11 is 0. The van der Waals surface area contributed by atoms with E-state index in [2.05, 4.69) is 47.3 Å². The molecule has 5 nitrogen and oxygen atoms in total. The van der Waals surface area contributed by atoms with E-state index in [1.165, 1.54) is 5.56 Å².